The minimum absolute atomic E-state index is 0. The second-order valence-corrected chi connectivity index (χ2v) is 10.5. The number of phenolic OH excluding ortho intramolecular Hbond substituents is 1. The van der Waals surface area contributed by atoms with Gasteiger partial charge in [0.2, 0.25) is 0 Å². The van der Waals surface area contributed by atoms with Crippen molar-refractivity contribution in [3.05, 3.63) is 70.8 Å². The molecule has 0 aliphatic rings. The molecule has 4 N–H and O–H groups in total. The Bertz CT molecular complexity index is 1920. The Balaban J connectivity index is 0.00000294. The molecular weight excluding hydrogens is 602 g/mol. The van der Waals surface area contributed by atoms with Crippen LogP contribution in [0.25, 0.3) is 21.9 Å². The predicted octanol–water partition coefficient (Wildman–Crippen LogP) is -1.40. The molecule has 200 valence electrons. The predicted molar refractivity (Wildman–Crippen MR) is 133 cm³/mol. The average molecular weight is 617 g/mol. The number of nitrogens with two attached hydrogens (primary N) is 1. The number of hydrogen-bond acceptors (Lipinski definition) is 14. The topological polar surface area (TPSA) is 265 Å². The number of nitrogen functional groups attached to an aromatic ring is 1. The van der Waals surface area contributed by atoms with Crippen LogP contribution in [0.1, 0.15) is 0 Å². The van der Waals surface area contributed by atoms with Crippen molar-refractivity contribution in [1.29, 1.82) is 5.53 Å². The van der Waals surface area contributed by atoms with Crippen LogP contribution in [0.4, 0.5) is 28.4 Å². The van der Waals surface area contributed by atoms with Crippen LogP contribution in [0.5, 0.6) is 5.75 Å². The molecule has 0 atom stereocenters. The molecule has 0 aliphatic heterocycles. The molecule has 0 radical (unpaired) electrons. The first kappa shape index (κ1) is 34.4. The van der Waals surface area contributed by atoms with E-state index in [-0.39, 0.29) is 76.1 Å². The fourth-order valence-electron chi connectivity index (χ4n) is 3.86. The van der Waals surface area contributed by atoms with Crippen LogP contribution in [0.15, 0.2) is 85.8 Å². The second kappa shape index (κ2) is 13.0. The first-order valence-corrected chi connectivity index (χ1v) is 13.2. The van der Waals surface area contributed by atoms with E-state index in [0.717, 1.165) is 24.3 Å². The average Bonchev–Trinajstić information content (AvgIpc) is 2.87. The van der Waals surface area contributed by atoms with E-state index in [9.17, 15) is 41.2 Å². The number of nitrogens with zero attached hydrogens (tertiary/aromatic N) is 4. The number of fused-ring (bicyclic) bond motifs is 1. The van der Waals surface area contributed by atoms with Crippen molar-refractivity contribution < 1.29 is 95.1 Å². The van der Waals surface area contributed by atoms with E-state index >= 15 is 0 Å². The summed E-state index contributed by atoms with van der Waals surface area (Å²) in [5.74, 6) is -1.04. The van der Waals surface area contributed by atoms with Crippen LogP contribution >= 0.6 is 0 Å². The van der Waals surface area contributed by atoms with Gasteiger partial charge in [-0.25, -0.2) is 22.4 Å². The van der Waals surface area contributed by atoms with Crippen LogP contribution in [0.2, 0.25) is 0 Å². The van der Waals surface area contributed by atoms with Crippen LogP contribution in [-0.4, -0.2) is 36.0 Å². The molecule has 0 saturated carbocycles. The van der Waals surface area contributed by atoms with E-state index in [2.05, 4.69) is 15.3 Å². The molecule has 4 aromatic carbocycles. The van der Waals surface area contributed by atoms with Gasteiger partial charge in [-0.2, -0.15) is 10.2 Å². The van der Waals surface area contributed by atoms with Gasteiger partial charge in [0.05, 0.1) is 31.5 Å². The third-order valence-corrected chi connectivity index (χ3v) is 7.24. The Hall–Kier alpha value is -2.84. The molecule has 0 aromatic heterocycles. The van der Waals surface area contributed by atoms with Gasteiger partial charge < -0.3 is 19.9 Å². The normalized spacial score (nSPS) is 11.6. The van der Waals surface area contributed by atoms with Gasteiger partial charge in [0, 0.05) is 23.1 Å². The van der Waals surface area contributed by atoms with Crippen molar-refractivity contribution >= 4 is 59.4 Å². The number of benzene rings is 4. The summed E-state index contributed by atoms with van der Waals surface area (Å²) in [6, 6.07) is 12.5. The van der Waals surface area contributed by atoms with Crippen LogP contribution < -0.4 is 64.8 Å². The number of hydrogen-bond donors (Lipinski definition) is 3. The van der Waals surface area contributed by atoms with Crippen LogP contribution in [-0.2, 0) is 20.2 Å². The van der Waals surface area contributed by atoms with Crippen molar-refractivity contribution in [1.82, 2.24) is 0 Å². The number of nitro benzene ring substituents is 1. The van der Waals surface area contributed by atoms with E-state index in [4.69, 9.17) is 11.3 Å². The van der Waals surface area contributed by atoms with Gasteiger partial charge in [0.25, 0.3) is 5.69 Å². The molecule has 19 heteroatoms. The minimum Gasteiger partial charge on any atom is -0.744 e. The maximum atomic E-state index is 12.3. The Morgan fingerprint density at radius 1 is 0.878 bits per heavy atom. The van der Waals surface area contributed by atoms with Gasteiger partial charge in [-0.05, 0) is 35.9 Å². The Morgan fingerprint density at radius 3 is 1.95 bits per heavy atom. The van der Waals surface area contributed by atoms with Crippen molar-refractivity contribution in [2.24, 2.45) is 15.3 Å². The molecule has 0 spiro atoms. The number of rotatable bonds is 7. The molecule has 0 fully saturated rings. The van der Waals surface area contributed by atoms with E-state index in [1.807, 2.05) is 0 Å². The molecule has 4 rings (SSSR count). The van der Waals surface area contributed by atoms with Crippen LogP contribution in [0, 0.1) is 15.6 Å². The second-order valence-electron chi connectivity index (χ2n) is 7.82. The quantitative estimate of drug-likeness (QED) is 0.0545. The minimum atomic E-state index is -5.51. The fourth-order valence-corrected chi connectivity index (χ4v) is 5.37. The number of anilines is 1. The standard InChI is InChI=1S/C22H16N6O9S2.2Na/c23-18-16(11-6-8-13(9-7-11)28(30)31)22(39(35,36)37)19(25-24)14-10-15(38(32,33)34)20(21(29)17(14)18)27-26-12-4-2-1-3-5-12;;/h1-10,24,29H,23H2,(H,32,33,34)(H,35,36,37);;/q;2*+1/p-2. The molecule has 15 nitrogen and oxygen atoms in total. The Labute approximate surface area is 276 Å². The fraction of sp³-hybridized carbons (Fsp3) is 0. The summed E-state index contributed by atoms with van der Waals surface area (Å²) in [5, 5.41) is 31.6. The third-order valence-electron chi connectivity index (χ3n) is 5.49. The summed E-state index contributed by atoms with van der Waals surface area (Å²) in [5.41, 5.74) is 10.5. The van der Waals surface area contributed by atoms with Gasteiger partial charge in [-0.3, -0.25) is 10.1 Å². The molecule has 0 saturated heterocycles. The number of nitrogens with one attached hydrogen (secondary N) is 1. The van der Waals surface area contributed by atoms with Crippen molar-refractivity contribution in [2.75, 3.05) is 5.73 Å². The monoisotopic (exact) mass is 616 g/mol. The Morgan fingerprint density at radius 2 is 1.46 bits per heavy atom. The molecule has 0 aliphatic carbocycles. The number of aromatic hydroxyl groups is 1. The smallest absolute Gasteiger partial charge is 0.744 e. The molecular formula is C22H14N6Na2O9S2. The zero-order chi connectivity index (χ0) is 28.7. The number of non-ortho nitro benzene ring substituents is 1. The summed E-state index contributed by atoms with van der Waals surface area (Å²) in [7, 11) is -10.9. The number of azo groups is 1. The summed E-state index contributed by atoms with van der Waals surface area (Å²) in [4.78, 5) is 7.98. The van der Waals surface area contributed by atoms with Gasteiger partial charge in [0.1, 0.15) is 31.6 Å². The van der Waals surface area contributed by atoms with Crippen molar-refractivity contribution in [3.8, 4) is 16.9 Å². The summed E-state index contributed by atoms with van der Waals surface area (Å²) >= 11 is 0. The maximum absolute atomic E-state index is 12.3. The first-order chi connectivity index (χ1) is 18.3. The molecule has 4 aromatic rings. The van der Waals surface area contributed by atoms with Gasteiger partial charge in [-0.15, -0.1) is 5.11 Å². The van der Waals surface area contributed by atoms with E-state index < -0.39 is 74.1 Å². The molecule has 0 heterocycles. The van der Waals surface area contributed by atoms with Crippen molar-refractivity contribution in [2.45, 2.75) is 9.79 Å². The van der Waals surface area contributed by atoms with Gasteiger partial charge in [0.15, 0.2) is 5.75 Å². The summed E-state index contributed by atoms with van der Waals surface area (Å²) < 4.78 is 73.3. The third kappa shape index (κ3) is 6.81. The summed E-state index contributed by atoms with van der Waals surface area (Å²) in [6.45, 7) is 0. The van der Waals surface area contributed by atoms with Crippen molar-refractivity contribution in [3.63, 3.8) is 0 Å². The summed E-state index contributed by atoms with van der Waals surface area (Å²) in [6.07, 6.45) is 0. The van der Waals surface area contributed by atoms with Crippen LogP contribution in [0.3, 0.4) is 0 Å². The first-order valence-electron chi connectivity index (χ1n) is 10.4. The Kier molecular flexibility index (Phi) is 10.9. The molecule has 0 bridgehead atoms. The zero-order valence-electron chi connectivity index (χ0n) is 21.2. The van der Waals surface area contributed by atoms with Gasteiger partial charge >= 0.3 is 59.1 Å². The van der Waals surface area contributed by atoms with E-state index in [0.29, 0.717) is 6.07 Å². The van der Waals surface area contributed by atoms with E-state index in [1.165, 1.54) is 12.1 Å². The SMILES string of the molecule is N=Nc1c(S(=O)(=O)[O-])c(-c2ccc([N+](=O)[O-])cc2)c(N)c2c(O)c(N=Nc3ccccc3)c(S(=O)(=O)[O-])cc12.[Na+].[Na+]. The van der Waals surface area contributed by atoms with Gasteiger partial charge in [-0.1, -0.05) is 18.2 Å². The number of phenols is 1. The van der Waals surface area contributed by atoms with E-state index in [1.54, 1.807) is 18.2 Å². The largest absolute Gasteiger partial charge is 1.00 e. The number of nitro groups is 1. The molecule has 0 unspecified atom stereocenters. The molecule has 0 amide bonds. The maximum Gasteiger partial charge on any atom is 1.00 e. The molecule has 41 heavy (non-hydrogen) atoms. The zero-order valence-corrected chi connectivity index (χ0v) is 26.8.